The molecule has 1 heterocycles. The lowest BCUT2D eigenvalue weighted by atomic mass is 10.0. The zero-order valence-corrected chi connectivity index (χ0v) is 22.1. The lowest BCUT2D eigenvalue weighted by Gasteiger charge is -2.37. The van der Waals surface area contributed by atoms with Crippen molar-refractivity contribution in [3.05, 3.63) is 117 Å². The minimum atomic E-state index is -0.469. The monoisotopic (exact) mass is 599 g/mol. The molecule has 2 atom stereocenters. The van der Waals surface area contributed by atoms with Gasteiger partial charge in [0.05, 0.1) is 22.8 Å². The molecule has 0 aliphatic carbocycles. The number of aliphatic hydroxyl groups excluding tert-OH is 1. The van der Waals surface area contributed by atoms with Gasteiger partial charge in [-0.05, 0) is 52.1 Å². The molecule has 0 unspecified atom stereocenters. The summed E-state index contributed by atoms with van der Waals surface area (Å²) >= 11 is 2.09. The van der Waals surface area contributed by atoms with E-state index < -0.39 is 18.2 Å². The lowest BCUT2D eigenvalue weighted by molar-refractivity contribution is -0.0646. The maximum atomic E-state index is 13.5. The second-order valence-corrected chi connectivity index (χ2v) is 9.93. The van der Waals surface area contributed by atoms with Crippen LogP contribution in [-0.2, 0) is 34.0 Å². The maximum Gasteiger partial charge on any atom is 0.410 e. The van der Waals surface area contributed by atoms with Gasteiger partial charge in [-0.15, -0.1) is 0 Å². The number of benzene rings is 3. The molecule has 3 aromatic rings. The summed E-state index contributed by atoms with van der Waals surface area (Å²) in [5.41, 5.74) is 2.91. The molecule has 4 rings (SSSR count). The maximum absolute atomic E-state index is 13.5. The van der Waals surface area contributed by atoms with E-state index in [1.54, 1.807) is 4.90 Å². The van der Waals surface area contributed by atoms with Crippen LogP contribution in [0.2, 0.25) is 0 Å². The van der Waals surface area contributed by atoms with E-state index in [0.29, 0.717) is 26.0 Å². The third-order valence-electron chi connectivity index (χ3n) is 6.01. The number of halogens is 1. The van der Waals surface area contributed by atoms with E-state index in [1.807, 2.05) is 91.0 Å². The number of carbonyl (C=O) groups is 1. The molecule has 188 valence electrons. The van der Waals surface area contributed by atoms with Crippen molar-refractivity contribution in [2.45, 2.75) is 44.7 Å². The Labute approximate surface area is 225 Å². The molecular formula is C29H30INO5. The lowest BCUT2D eigenvalue weighted by Crippen LogP contribution is -2.51. The standard InChI is InChI=1S/C29H30INO5/c30-25-16-17-27(36-28(25)32)26(21-34-19-23-12-6-2-7-13-23)31(18-22-10-4-1-5-11-22)29(33)35-20-24-14-8-3-9-15-24/h1-15,26-27,32H,16-21H2/t26-,27+/m1/s1. The summed E-state index contributed by atoms with van der Waals surface area (Å²) in [7, 11) is 0. The quantitative estimate of drug-likeness (QED) is 0.261. The molecular weight excluding hydrogens is 569 g/mol. The summed E-state index contributed by atoms with van der Waals surface area (Å²) in [5.74, 6) is -0.0859. The summed E-state index contributed by atoms with van der Waals surface area (Å²) < 4.78 is 18.5. The van der Waals surface area contributed by atoms with Gasteiger partial charge >= 0.3 is 6.09 Å². The van der Waals surface area contributed by atoms with Crippen molar-refractivity contribution in [3.8, 4) is 0 Å². The van der Waals surface area contributed by atoms with E-state index in [9.17, 15) is 9.90 Å². The van der Waals surface area contributed by atoms with Crippen LogP contribution in [0.1, 0.15) is 29.5 Å². The van der Waals surface area contributed by atoms with Gasteiger partial charge in [-0.1, -0.05) is 91.0 Å². The van der Waals surface area contributed by atoms with Crippen LogP contribution in [-0.4, -0.2) is 34.9 Å². The first-order valence-corrected chi connectivity index (χ1v) is 13.0. The number of hydrogen-bond donors (Lipinski definition) is 1. The molecule has 0 fully saturated rings. The molecule has 3 aromatic carbocycles. The molecule has 0 spiro atoms. The van der Waals surface area contributed by atoms with Crippen molar-refractivity contribution in [2.24, 2.45) is 0 Å². The number of allylic oxidation sites excluding steroid dienone is 1. The van der Waals surface area contributed by atoms with Gasteiger partial charge in [-0.25, -0.2) is 4.79 Å². The van der Waals surface area contributed by atoms with Crippen molar-refractivity contribution in [1.29, 1.82) is 0 Å². The van der Waals surface area contributed by atoms with Gasteiger partial charge < -0.3 is 19.3 Å². The van der Waals surface area contributed by atoms with Gasteiger partial charge in [0, 0.05) is 6.54 Å². The van der Waals surface area contributed by atoms with Crippen LogP contribution in [0.25, 0.3) is 0 Å². The van der Waals surface area contributed by atoms with Crippen LogP contribution in [0, 0.1) is 0 Å². The second kappa shape index (κ2) is 13.3. The molecule has 36 heavy (non-hydrogen) atoms. The topological polar surface area (TPSA) is 68.2 Å². The van der Waals surface area contributed by atoms with Crippen LogP contribution in [0.5, 0.6) is 0 Å². The molecule has 0 saturated heterocycles. The average Bonchev–Trinajstić information content (AvgIpc) is 2.92. The summed E-state index contributed by atoms with van der Waals surface area (Å²) in [6, 6.07) is 28.8. The minimum Gasteiger partial charge on any atom is -0.480 e. The molecule has 7 heteroatoms. The molecule has 0 aromatic heterocycles. The predicted octanol–water partition coefficient (Wildman–Crippen LogP) is 6.75. The first-order valence-electron chi connectivity index (χ1n) is 12.0. The van der Waals surface area contributed by atoms with Crippen LogP contribution < -0.4 is 0 Å². The Bertz CT molecular complexity index is 1120. The number of aliphatic hydroxyl groups is 1. The van der Waals surface area contributed by atoms with Gasteiger partial charge in [0.15, 0.2) is 0 Å². The van der Waals surface area contributed by atoms with Crippen LogP contribution in [0.15, 0.2) is 101 Å². The van der Waals surface area contributed by atoms with Crippen LogP contribution >= 0.6 is 22.6 Å². The van der Waals surface area contributed by atoms with Gasteiger partial charge in [0.25, 0.3) is 5.95 Å². The Hall–Kier alpha value is -3.04. The Kier molecular flexibility index (Phi) is 9.63. The minimum absolute atomic E-state index is 0.0859. The number of ether oxygens (including phenoxy) is 3. The number of rotatable bonds is 10. The van der Waals surface area contributed by atoms with E-state index in [2.05, 4.69) is 22.6 Å². The molecule has 1 amide bonds. The van der Waals surface area contributed by atoms with Crippen molar-refractivity contribution in [1.82, 2.24) is 4.90 Å². The Balaban J connectivity index is 1.56. The van der Waals surface area contributed by atoms with Crippen molar-refractivity contribution < 1.29 is 24.1 Å². The molecule has 0 radical (unpaired) electrons. The highest BCUT2D eigenvalue weighted by atomic mass is 127. The highest BCUT2D eigenvalue weighted by molar-refractivity contribution is 14.1. The molecule has 1 aliphatic heterocycles. The van der Waals surface area contributed by atoms with Gasteiger partial charge in [-0.2, -0.15) is 0 Å². The Morgan fingerprint density at radius 2 is 1.47 bits per heavy atom. The fraction of sp³-hybridized carbons (Fsp3) is 0.276. The van der Waals surface area contributed by atoms with Crippen LogP contribution in [0.3, 0.4) is 0 Å². The predicted molar refractivity (Wildman–Crippen MR) is 146 cm³/mol. The fourth-order valence-corrected chi connectivity index (χ4v) is 4.52. The highest BCUT2D eigenvalue weighted by Crippen LogP contribution is 2.31. The van der Waals surface area contributed by atoms with E-state index in [1.165, 1.54) is 0 Å². The number of carbonyl (C=O) groups excluding carboxylic acids is 1. The smallest absolute Gasteiger partial charge is 0.410 e. The summed E-state index contributed by atoms with van der Waals surface area (Å²) in [4.78, 5) is 15.2. The summed E-state index contributed by atoms with van der Waals surface area (Å²) in [6.45, 7) is 1.13. The van der Waals surface area contributed by atoms with E-state index in [-0.39, 0.29) is 19.2 Å². The zero-order valence-electron chi connectivity index (χ0n) is 20.0. The van der Waals surface area contributed by atoms with Crippen molar-refractivity contribution >= 4 is 28.7 Å². The molecule has 1 aliphatic rings. The molecule has 0 bridgehead atoms. The average molecular weight is 599 g/mol. The number of hydrogen-bond acceptors (Lipinski definition) is 5. The SMILES string of the molecule is O=C(OCc1ccccc1)N(Cc1ccccc1)[C@H](COCc1ccccc1)[C@@H]1CCC(I)=C(O)O1. The third-order valence-corrected chi connectivity index (χ3v) is 7.01. The number of nitrogens with zero attached hydrogens (tertiary/aromatic N) is 1. The van der Waals surface area contributed by atoms with Crippen LogP contribution in [0.4, 0.5) is 4.79 Å². The zero-order chi connectivity index (χ0) is 25.2. The third kappa shape index (κ3) is 7.48. The van der Waals surface area contributed by atoms with Gasteiger partial charge in [0.2, 0.25) is 0 Å². The van der Waals surface area contributed by atoms with E-state index in [0.717, 1.165) is 20.3 Å². The molecule has 1 N–H and O–H groups in total. The summed E-state index contributed by atoms with van der Waals surface area (Å²) in [6.07, 6.45) is 0.430. The highest BCUT2D eigenvalue weighted by Gasteiger charge is 2.36. The largest absolute Gasteiger partial charge is 0.480 e. The summed E-state index contributed by atoms with van der Waals surface area (Å²) in [5, 5.41) is 10.3. The first kappa shape index (κ1) is 26.0. The Morgan fingerprint density at radius 3 is 2.06 bits per heavy atom. The van der Waals surface area contributed by atoms with Gasteiger partial charge in [-0.3, -0.25) is 4.90 Å². The number of amides is 1. The second-order valence-electron chi connectivity index (χ2n) is 8.63. The van der Waals surface area contributed by atoms with E-state index in [4.69, 9.17) is 14.2 Å². The normalized spacial score (nSPS) is 16.2. The molecule has 0 saturated carbocycles. The van der Waals surface area contributed by atoms with E-state index >= 15 is 0 Å². The van der Waals surface area contributed by atoms with Crippen molar-refractivity contribution in [2.75, 3.05) is 6.61 Å². The first-order chi connectivity index (χ1) is 17.6. The van der Waals surface area contributed by atoms with Gasteiger partial charge in [0.1, 0.15) is 12.7 Å². The Morgan fingerprint density at radius 1 is 0.917 bits per heavy atom. The van der Waals surface area contributed by atoms with Crippen molar-refractivity contribution in [3.63, 3.8) is 0 Å². The fourth-order valence-electron chi connectivity index (χ4n) is 4.08. The molecule has 6 nitrogen and oxygen atoms in total.